The number of rotatable bonds is 6. The molecule has 1 aromatic heterocycles. The molecule has 0 bridgehead atoms. The zero-order chi connectivity index (χ0) is 21.2. The molecule has 31 heavy (non-hydrogen) atoms. The van der Waals surface area contributed by atoms with E-state index in [1.807, 2.05) is 18.2 Å². The summed E-state index contributed by atoms with van der Waals surface area (Å²) < 4.78 is 5.41. The number of hydrogen-bond acceptors (Lipinski definition) is 5. The molecule has 1 amide bonds. The van der Waals surface area contributed by atoms with Crippen LogP contribution in [0.3, 0.4) is 0 Å². The van der Waals surface area contributed by atoms with E-state index in [2.05, 4.69) is 39.6 Å². The van der Waals surface area contributed by atoms with Crippen LogP contribution in [0.2, 0.25) is 0 Å². The number of aliphatic hydroxyl groups excluding tert-OH is 1. The highest BCUT2D eigenvalue weighted by Crippen LogP contribution is 2.37. The van der Waals surface area contributed by atoms with Crippen molar-refractivity contribution >= 4 is 22.8 Å². The maximum Gasteiger partial charge on any atom is 0.415 e. The summed E-state index contributed by atoms with van der Waals surface area (Å²) in [6.07, 6.45) is 5.93. The lowest BCUT2D eigenvalue weighted by atomic mass is 9.81. The summed E-state index contributed by atoms with van der Waals surface area (Å²) in [5.74, 6) is 0.571. The maximum absolute atomic E-state index is 12.5. The molecular weight excluding hydrogens is 392 g/mol. The minimum Gasteiger partial charge on any atom is -0.447 e. The largest absolute Gasteiger partial charge is 0.447 e. The quantitative estimate of drug-likeness (QED) is 0.563. The van der Waals surface area contributed by atoms with Gasteiger partial charge in [-0.05, 0) is 60.9 Å². The van der Waals surface area contributed by atoms with Gasteiger partial charge in [-0.2, -0.15) is 0 Å². The first-order chi connectivity index (χ1) is 15.2. The van der Waals surface area contributed by atoms with Gasteiger partial charge in [0.25, 0.3) is 0 Å². The van der Waals surface area contributed by atoms with Gasteiger partial charge in [0.1, 0.15) is 6.61 Å². The number of ether oxygens (including phenoxy) is 1. The second-order valence-corrected chi connectivity index (χ2v) is 8.46. The monoisotopic (exact) mass is 420 g/mol. The van der Waals surface area contributed by atoms with E-state index in [-0.39, 0.29) is 18.7 Å². The molecule has 1 atom stereocenters. The lowest BCUT2D eigenvalue weighted by molar-refractivity contribution is 0.179. The summed E-state index contributed by atoms with van der Waals surface area (Å²) >= 11 is 0. The van der Waals surface area contributed by atoms with Crippen molar-refractivity contribution in [2.24, 2.45) is 0 Å². The molecule has 1 aliphatic carbocycles. The number of H-pyrrole nitrogens is 1. The molecule has 7 nitrogen and oxygen atoms in total. The highest BCUT2D eigenvalue weighted by molar-refractivity contribution is 5.93. The van der Waals surface area contributed by atoms with Crippen LogP contribution in [-0.4, -0.2) is 47.0 Å². The highest BCUT2D eigenvalue weighted by Gasteiger charge is 2.35. The number of carbonyl (C=O) groups excluding carboxylic acids is 1. The minimum absolute atomic E-state index is 0.139. The fraction of sp³-hybridized carbons (Fsp3) is 0.417. The van der Waals surface area contributed by atoms with E-state index in [0.29, 0.717) is 25.1 Å². The predicted molar refractivity (Wildman–Crippen MR) is 119 cm³/mol. The Bertz CT molecular complexity index is 1040. The number of aliphatic hydroxyl groups is 1. The summed E-state index contributed by atoms with van der Waals surface area (Å²) in [6.45, 7) is 1.22. The van der Waals surface area contributed by atoms with E-state index in [0.717, 1.165) is 48.0 Å². The van der Waals surface area contributed by atoms with Crippen molar-refractivity contribution in [1.82, 2.24) is 15.3 Å². The van der Waals surface area contributed by atoms with Crippen LogP contribution in [0.5, 0.6) is 0 Å². The van der Waals surface area contributed by atoms with Crippen molar-refractivity contribution in [3.05, 3.63) is 59.9 Å². The number of nitrogens with one attached hydrogen (secondary N) is 2. The van der Waals surface area contributed by atoms with Gasteiger partial charge < -0.3 is 20.1 Å². The van der Waals surface area contributed by atoms with Gasteiger partial charge >= 0.3 is 6.09 Å². The number of nitrogens with zero attached hydrogens (tertiary/aromatic N) is 2. The Kier molecular flexibility index (Phi) is 5.61. The van der Waals surface area contributed by atoms with E-state index in [4.69, 9.17) is 9.84 Å². The summed E-state index contributed by atoms with van der Waals surface area (Å²) in [5, 5.41) is 12.4. The molecule has 2 aliphatic rings. The van der Waals surface area contributed by atoms with Crippen molar-refractivity contribution in [2.75, 3.05) is 24.7 Å². The van der Waals surface area contributed by atoms with Crippen LogP contribution in [0.4, 0.5) is 10.5 Å². The van der Waals surface area contributed by atoms with Crippen molar-refractivity contribution in [3.63, 3.8) is 0 Å². The van der Waals surface area contributed by atoms with Gasteiger partial charge in [0.2, 0.25) is 0 Å². The number of hydrogen-bond donors (Lipinski definition) is 3. The van der Waals surface area contributed by atoms with E-state index in [1.165, 1.54) is 5.56 Å². The average Bonchev–Trinajstić information content (AvgIpc) is 3.44. The second kappa shape index (κ2) is 8.69. The Hall–Kier alpha value is -2.90. The van der Waals surface area contributed by atoms with Crippen LogP contribution in [0.15, 0.2) is 48.8 Å². The number of aromatic nitrogens is 2. The van der Waals surface area contributed by atoms with E-state index in [9.17, 15) is 4.79 Å². The van der Waals surface area contributed by atoms with Crippen LogP contribution in [0.25, 0.3) is 11.0 Å². The molecule has 1 saturated carbocycles. The van der Waals surface area contributed by atoms with E-state index < -0.39 is 0 Å². The fourth-order valence-electron chi connectivity index (χ4n) is 4.92. The third-order valence-corrected chi connectivity index (χ3v) is 6.62. The molecule has 2 fully saturated rings. The van der Waals surface area contributed by atoms with Gasteiger partial charge in [0, 0.05) is 12.6 Å². The fourth-order valence-corrected chi connectivity index (χ4v) is 4.92. The molecule has 5 rings (SSSR count). The summed E-state index contributed by atoms with van der Waals surface area (Å²) in [6, 6.07) is 14.9. The lowest BCUT2D eigenvalue weighted by Gasteiger charge is -2.29. The number of cyclic esters (lactones) is 1. The normalized spacial score (nSPS) is 24.0. The average molecular weight is 421 g/mol. The first kappa shape index (κ1) is 20.0. The van der Waals surface area contributed by atoms with Gasteiger partial charge in [-0.25, -0.2) is 9.78 Å². The molecule has 1 unspecified atom stereocenters. The molecule has 3 N–H and O–H groups in total. The Balaban J connectivity index is 1.30. The first-order valence-electron chi connectivity index (χ1n) is 11.1. The third kappa shape index (κ3) is 4.03. The molecule has 0 radical (unpaired) electrons. The Morgan fingerprint density at radius 3 is 2.65 bits per heavy atom. The van der Waals surface area contributed by atoms with Crippen molar-refractivity contribution in [2.45, 2.75) is 43.7 Å². The molecule has 0 spiro atoms. The van der Waals surface area contributed by atoms with Crippen molar-refractivity contribution in [1.29, 1.82) is 0 Å². The Morgan fingerprint density at radius 1 is 1.10 bits per heavy atom. The van der Waals surface area contributed by atoms with Gasteiger partial charge in [0.15, 0.2) is 0 Å². The number of benzene rings is 2. The number of carbonyl (C=O) groups is 1. The van der Waals surface area contributed by atoms with Crippen LogP contribution < -0.4 is 10.2 Å². The van der Waals surface area contributed by atoms with Gasteiger partial charge in [0.05, 0.1) is 35.7 Å². The number of aromatic amines is 1. The van der Waals surface area contributed by atoms with Gasteiger partial charge in [-0.3, -0.25) is 4.90 Å². The van der Waals surface area contributed by atoms with Crippen LogP contribution in [0.1, 0.15) is 48.8 Å². The molecule has 2 aromatic carbocycles. The molecule has 7 heteroatoms. The summed E-state index contributed by atoms with van der Waals surface area (Å²) in [5.41, 5.74) is 5.02. The van der Waals surface area contributed by atoms with Crippen LogP contribution in [-0.2, 0) is 4.74 Å². The number of amides is 1. The molecular formula is C24H28N4O3. The zero-order valence-electron chi connectivity index (χ0n) is 17.5. The zero-order valence-corrected chi connectivity index (χ0v) is 17.5. The highest BCUT2D eigenvalue weighted by atomic mass is 16.6. The first-order valence-corrected chi connectivity index (χ1v) is 11.1. The van der Waals surface area contributed by atoms with Crippen molar-refractivity contribution < 1.29 is 14.6 Å². The second-order valence-electron chi connectivity index (χ2n) is 8.46. The molecule has 2 heterocycles. The van der Waals surface area contributed by atoms with Crippen LogP contribution in [0, 0.1) is 0 Å². The third-order valence-electron chi connectivity index (χ3n) is 6.62. The smallest absolute Gasteiger partial charge is 0.415 e. The molecule has 3 aromatic rings. The van der Waals surface area contributed by atoms with Crippen molar-refractivity contribution in [3.8, 4) is 0 Å². The predicted octanol–water partition coefficient (Wildman–Crippen LogP) is 3.87. The topological polar surface area (TPSA) is 90.5 Å². The van der Waals surface area contributed by atoms with E-state index in [1.54, 1.807) is 11.2 Å². The van der Waals surface area contributed by atoms with Gasteiger partial charge in [-0.15, -0.1) is 0 Å². The standard InChI is InChI=1S/C24H28N4O3/c29-12-11-25-19-7-5-17(6-8-19)16-1-3-18(4-2-16)23-14-31-24(30)28(23)20-9-10-21-22(13-20)27-15-26-21/h1-4,9-10,13,15,17,19,23,25,29H,5-8,11-12,14H2,(H,26,27). The van der Waals surface area contributed by atoms with E-state index >= 15 is 0 Å². The summed E-state index contributed by atoms with van der Waals surface area (Å²) in [4.78, 5) is 21.6. The SMILES string of the molecule is O=C1OCC(c2ccc(C3CCC(NCCO)CC3)cc2)N1c1ccc2nc[nH]c2c1. The Morgan fingerprint density at radius 2 is 1.87 bits per heavy atom. The van der Waals surface area contributed by atoms with Crippen LogP contribution >= 0.6 is 0 Å². The van der Waals surface area contributed by atoms with Gasteiger partial charge in [-0.1, -0.05) is 24.3 Å². The molecule has 162 valence electrons. The number of imidazole rings is 1. The number of fused-ring (bicyclic) bond motifs is 1. The summed E-state index contributed by atoms with van der Waals surface area (Å²) in [7, 11) is 0. The maximum atomic E-state index is 12.5. The number of anilines is 1. The minimum atomic E-state index is -0.318. The Labute approximate surface area is 181 Å². The molecule has 1 saturated heterocycles. The lowest BCUT2D eigenvalue weighted by Crippen LogP contribution is -2.34. The molecule has 1 aliphatic heterocycles.